The molecule has 0 unspecified atom stereocenters. The van der Waals surface area contributed by atoms with Crippen LogP contribution in [0.25, 0.3) is 11.5 Å². The number of hydrogen-bond acceptors (Lipinski definition) is 4. The van der Waals surface area contributed by atoms with E-state index in [1.165, 1.54) is 0 Å². The van der Waals surface area contributed by atoms with Gasteiger partial charge in [-0.15, -0.1) is 0 Å². The molecule has 6 nitrogen and oxygen atoms in total. The summed E-state index contributed by atoms with van der Waals surface area (Å²) < 4.78 is 11.5. The molecule has 0 atom stereocenters. The zero-order chi connectivity index (χ0) is 19.8. The Morgan fingerprint density at radius 2 is 1.79 bits per heavy atom. The van der Waals surface area contributed by atoms with Crippen molar-refractivity contribution in [1.82, 2.24) is 15.6 Å². The molecule has 6 heteroatoms. The molecule has 146 valence electrons. The number of para-hydroxylation sites is 1. The first kappa shape index (κ1) is 19.5. The minimum absolute atomic E-state index is 0.522. The Morgan fingerprint density at radius 1 is 1.04 bits per heavy atom. The van der Waals surface area contributed by atoms with E-state index in [0.717, 1.165) is 28.1 Å². The molecule has 2 aromatic carbocycles. The van der Waals surface area contributed by atoms with Crippen LogP contribution in [0, 0.1) is 13.8 Å². The van der Waals surface area contributed by atoms with Crippen LogP contribution in [0.5, 0.6) is 5.75 Å². The summed E-state index contributed by atoms with van der Waals surface area (Å²) in [5.41, 5.74) is 4.05. The van der Waals surface area contributed by atoms with Crippen molar-refractivity contribution < 1.29 is 9.15 Å². The number of aliphatic imine (C=N–C) groups is 1. The van der Waals surface area contributed by atoms with E-state index in [0.29, 0.717) is 31.5 Å². The third-order valence-corrected chi connectivity index (χ3v) is 4.28. The van der Waals surface area contributed by atoms with Gasteiger partial charge in [-0.3, -0.25) is 4.99 Å². The third-order valence-electron chi connectivity index (χ3n) is 4.28. The van der Waals surface area contributed by atoms with Crippen molar-refractivity contribution in [1.29, 1.82) is 0 Å². The lowest BCUT2D eigenvalue weighted by Gasteiger charge is -2.14. The Bertz CT molecular complexity index is 899. The number of ether oxygens (including phenoxy) is 1. The predicted octanol–water partition coefficient (Wildman–Crippen LogP) is 3.70. The maximum atomic E-state index is 5.90. The molecule has 0 saturated carbocycles. The van der Waals surface area contributed by atoms with Crippen molar-refractivity contribution in [3.05, 3.63) is 71.6 Å². The number of nitrogens with zero attached hydrogens (tertiary/aromatic N) is 2. The molecule has 0 amide bonds. The lowest BCUT2D eigenvalue weighted by Crippen LogP contribution is -2.39. The van der Waals surface area contributed by atoms with Gasteiger partial charge >= 0.3 is 0 Å². The van der Waals surface area contributed by atoms with Crippen molar-refractivity contribution in [3.63, 3.8) is 0 Å². The molecule has 1 heterocycles. The van der Waals surface area contributed by atoms with Crippen LogP contribution in [0.15, 0.2) is 64.2 Å². The topological polar surface area (TPSA) is 71.7 Å². The van der Waals surface area contributed by atoms with E-state index in [2.05, 4.69) is 46.6 Å². The summed E-state index contributed by atoms with van der Waals surface area (Å²) in [6.45, 7) is 5.82. The zero-order valence-electron chi connectivity index (χ0n) is 16.5. The smallest absolute Gasteiger partial charge is 0.226 e. The van der Waals surface area contributed by atoms with Crippen LogP contribution < -0.4 is 15.4 Å². The fourth-order valence-corrected chi connectivity index (χ4v) is 2.85. The summed E-state index contributed by atoms with van der Waals surface area (Å²) in [6, 6.07) is 16.0. The molecule has 0 aliphatic rings. The van der Waals surface area contributed by atoms with Crippen LogP contribution in [-0.4, -0.2) is 31.1 Å². The summed E-state index contributed by atoms with van der Waals surface area (Å²) in [6.07, 6.45) is 1.66. The quantitative estimate of drug-likeness (QED) is 0.373. The van der Waals surface area contributed by atoms with E-state index in [4.69, 9.17) is 9.15 Å². The molecule has 3 aromatic rings. The number of nitrogens with one attached hydrogen (secondary N) is 2. The number of hydrogen-bond donors (Lipinski definition) is 2. The van der Waals surface area contributed by atoms with Crippen molar-refractivity contribution >= 4 is 5.96 Å². The van der Waals surface area contributed by atoms with Gasteiger partial charge in [0.25, 0.3) is 0 Å². The lowest BCUT2D eigenvalue weighted by atomic mass is 10.1. The van der Waals surface area contributed by atoms with Crippen molar-refractivity contribution in [2.45, 2.75) is 20.4 Å². The van der Waals surface area contributed by atoms with Crippen LogP contribution >= 0.6 is 0 Å². The van der Waals surface area contributed by atoms with Crippen LogP contribution in [0.2, 0.25) is 0 Å². The minimum Gasteiger partial charge on any atom is -0.491 e. The largest absolute Gasteiger partial charge is 0.491 e. The Kier molecular flexibility index (Phi) is 6.68. The van der Waals surface area contributed by atoms with Gasteiger partial charge in [0.2, 0.25) is 5.89 Å². The molecule has 0 saturated heterocycles. The third kappa shape index (κ3) is 5.13. The van der Waals surface area contributed by atoms with Gasteiger partial charge in [-0.05, 0) is 37.1 Å². The van der Waals surface area contributed by atoms with E-state index in [9.17, 15) is 0 Å². The molecule has 0 aliphatic heterocycles. The average Bonchev–Trinajstić information content (AvgIpc) is 3.19. The number of aryl methyl sites for hydroxylation is 2. The van der Waals surface area contributed by atoms with Crippen molar-refractivity contribution in [2.75, 3.05) is 20.2 Å². The molecule has 3 rings (SSSR count). The molecule has 1 aromatic heterocycles. The fourth-order valence-electron chi connectivity index (χ4n) is 2.85. The average molecular weight is 378 g/mol. The van der Waals surface area contributed by atoms with E-state index in [1.54, 1.807) is 13.3 Å². The van der Waals surface area contributed by atoms with E-state index >= 15 is 0 Å². The monoisotopic (exact) mass is 378 g/mol. The Morgan fingerprint density at radius 3 is 2.50 bits per heavy atom. The highest BCUT2D eigenvalue weighted by molar-refractivity contribution is 5.79. The molecule has 0 bridgehead atoms. The molecule has 2 N–H and O–H groups in total. The molecule has 0 fully saturated rings. The summed E-state index contributed by atoms with van der Waals surface area (Å²) in [5.74, 6) is 2.25. The highest BCUT2D eigenvalue weighted by Crippen LogP contribution is 2.22. The standard InChI is InChI=1S/C22H26N4O2/c1-16-8-7-9-17(2)20(16)27-13-12-24-22(23-3)25-14-19-15-28-21(26-19)18-10-5-4-6-11-18/h4-11,15H,12-14H2,1-3H3,(H2,23,24,25). The number of benzene rings is 2. The minimum atomic E-state index is 0.522. The summed E-state index contributed by atoms with van der Waals surface area (Å²) in [4.78, 5) is 8.73. The second-order valence-corrected chi connectivity index (χ2v) is 6.43. The van der Waals surface area contributed by atoms with E-state index < -0.39 is 0 Å². The SMILES string of the molecule is CN=C(NCCOc1c(C)cccc1C)NCc1coc(-c2ccccc2)n1. The maximum Gasteiger partial charge on any atom is 0.226 e. The molecular formula is C22H26N4O2. The van der Waals surface area contributed by atoms with Gasteiger partial charge < -0.3 is 19.8 Å². The Labute approximate surface area is 165 Å². The first-order valence-corrected chi connectivity index (χ1v) is 9.30. The Hall–Kier alpha value is -3.28. The highest BCUT2D eigenvalue weighted by atomic mass is 16.5. The predicted molar refractivity (Wildman–Crippen MR) is 112 cm³/mol. The van der Waals surface area contributed by atoms with Gasteiger partial charge in [-0.2, -0.15) is 0 Å². The zero-order valence-corrected chi connectivity index (χ0v) is 16.5. The second kappa shape index (κ2) is 9.60. The normalized spacial score (nSPS) is 11.3. The van der Waals surface area contributed by atoms with Gasteiger partial charge in [0.05, 0.1) is 18.8 Å². The van der Waals surface area contributed by atoms with Gasteiger partial charge in [0.1, 0.15) is 18.6 Å². The summed E-state index contributed by atoms with van der Waals surface area (Å²) in [7, 11) is 1.74. The van der Waals surface area contributed by atoms with Gasteiger partial charge in [-0.1, -0.05) is 36.4 Å². The van der Waals surface area contributed by atoms with Gasteiger partial charge in [-0.25, -0.2) is 4.98 Å². The van der Waals surface area contributed by atoms with Gasteiger partial charge in [0.15, 0.2) is 5.96 Å². The van der Waals surface area contributed by atoms with Crippen LogP contribution in [0.1, 0.15) is 16.8 Å². The summed E-state index contributed by atoms with van der Waals surface area (Å²) >= 11 is 0. The maximum absolute atomic E-state index is 5.90. The lowest BCUT2D eigenvalue weighted by molar-refractivity contribution is 0.317. The second-order valence-electron chi connectivity index (χ2n) is 6.43. The Balaban J connectivity index is 1.45. The first-order valence-electron chi connectivity index (χ1n) is 9.30. The highest BCUT2D eigenvalue weighted by Gasteiger charge is 2.07. The van der Waals surface area contributed by atoms with Crippen LogP contribution in [0.3, 0.4) is 0 Å². The number of aromatic nitrogens is 1. The summed E-state index contributed by atoms with van der Waals surface area (Å²) in [5, 5.41) is 6.48. The molecule has 0 aliphatic carbocycles. The first-order chi connectivity index (χ1) is 13.7. The molecular weight excluding hydrogens is 352 g/mol. The fraction of sp³-hybridized carbons (Fsp3) is 0.273. The number of guanidine groups is 1. The van der Waals surface area contributed by atoms with Crippen molar-refractivity contribution in [2.24, 2.45) is 4.99 Å². The number of rotatable bonds is 7. The van der Waals surface area contributed by atoms with Gasteiger partial charge in [0, 0.05) is 12.6 Å². The van der Waals surface area contributed by atoms with E-state index in [-0.39, 0.29) is 0 Å². The number of oxazole rings is 1. The van der Waals surface area contributed by atoms with Crippen LogP contribution in [0.4, 0.5) is 0 Å². The van der Waals surface area contributed by atoms with Crippen LogP contribution in [-0.2, 0) is 6.54 Å². The van der Waals surface area contributed by atoms with E-state index in [1.807, 2.05) is 36.4 Å². The molecule has 0 radical (unpaired) electrons. The van der Waals surface area contributed by atoms with Crippen molar-refractivity contribution in [3.8, 4) is 17.2 Å². The molecule has 0 spiro atoms. The molecule has 28 heavy (non-hydrogen) atoms.